The highest BCUT2D eigenvalue weighted by molar-refractivity contribution is 9.10. The zero-order chi connectivity index (χ0) is 9.97. The van der Waals surface area contributed by atoms with Crippen LogP contribution >= 0.6 is 15.9 Å². The van der Waals surface area contributed by atoms with E-state index in [0.717, 1.165) is 17.1 Å². The van der Waals surface area contributed by atoms with Gasteiger partial charge in [-0.3, -0.25) is 4.90 Å². The van der Waals surface area contributed by atoms with Crippen LogP contribution in [0.5, 0.6) is 0 Å². The molecule has 0 aliphatic heterocycles. The van der Waals surface area contributed by atoms with Crippen molar-refractivity contribution in [1.29, 1.82) is 0 Å². The second-order valence-electron chi connectivity index (χ2n) is 4.13. The number of hydrogen-bond donors (Lipinski definition) is 0. The van der Waals surface area contributed by atoms with E-state index in [4.69, 9.17) is 0 Å². The van der Waals surface area contributed by atoms with Crippen molar-refractivity contribution in [3.8, 4) is 0 Å². The van der Waals surface area contributed by atoms with Crippen molar-refractivity contribution in [3.63, 3.8) is 0 Å². The van der Waals surface area contributed by atoms with E-state index in [2.05, 4.69) is 52.1 Å². The molecule has 0 unspecified atom stereocenters. The maximum Gasteiger partial charge on any atom is 0.0233 e. The third-order valence-electron chi connectivity index (χ3n) is 3.04. The number of halogens is 1. The molecule has 1 nitrogen and oxygen atoms in total. The van der Waals surface area contributed by atoms with Crippen LogP contribution in [0.3, 0.4) is 0 Å². The van der Waals surface area contributed by atoms with Crippen LogP contribution in [0.15, 0.2) is 28.7 Å². The summed E-state index contributed by atoms with van der Waals surface area (Å²) >= 11 is 3.45. The molecule has 0 N–H and O–H groups in total. The van der Waals surface area contributed by atoms with E-state index in [1.54, 1.807) is 0 Å². The first-order valence-corrected chi connectivity index (χ1v) is 6.00. The molecule has 0 amide bonds. The summed E-state index contributed by atoms with van der Waals surface area (Å²) in [6.07, 6.45) is 4.18. The monoisotopic (exact) mass is 253 g/mol. The summed E-state index contributed by atoms with van der Waals surface area (Å²) in [5, 5.41) is 0. The van der Waals surface area contributed by atoms with Crippen LogP contribution in [0.2, 0.25) is 0 Å². The molecule has 1 aromatic rings. The standard InChI is InChI=1S/C12H16BrN/c1-14(12-3-2-4-12)9-10-5-7-11(13)8-6-10/h5-8,12H,2-4,9H2,1H3. The largest absolute Gasteiger partial charge is 0.299 e. The minimum atomic E-state index is 0.832. The van der Waals surface area contributed by atoms with E-state index in [1.807, 2.05) is 0 Å². The molecular formula is C12H16BrN. The first-order valence-electron chi connectivity index (χ1n) is 5.20. The topological polar surface area (TPSA) is 3.24 Å². The summed E-state index contributed by atoms with van der Waals surface area (Å²) < 4.78 is 1.16. The summed E-state index contributed by atoms with van der Waals surface area (Å²) in [6.45, 7) is 1.08. The quantitative estimate of drug-likeness (QED) is 0.798. The Morgan fingerprint density at radius 1 is 1.29 bits per heavy atom. The van der Waals surface area contributed by atoms with Gasteiger partial charge in [0.2, 0.25) is 0 Å². The van der Waals surface area contributed by atoms with Crippen molar-refractivity contribution in [2.75, 3.05) is 7.05 Å². The number of rotatable bonds is 3. The Kier molecular flexibility index (Phi) is 3.24. The summed E-state index contributed by atoms with van der Waals surface area (Å²) in [6, 6.07) is 9.45. The highest BCUT2D eigenvalue weighted by Crippen LogP contribution is 2.24. The molecule has 2 heteroatoms. The van der Waals surface area contributed by atoms with Crippen molar-refractivity contribution >= 4 is 15.9 Å². The zero-order valence-electron chi connectivity index (χ0n) is 8.54. The van der Waals surface area contributed by atoms with E-state index >= 15 is 0 Å². The van der Waals surface area contributed by atoms with Gasteiger partial charge in [0.15, 0.2) is 0 Å². The lowest BCUT2D eigenvalue weighted by Gasteiger charge is -2.34. The van der Waals surface area contributed by atoms with Gasteiger partial charge in [-0.15, -0.1) is 0 Å². The van der Waals surface area contributed by atoms with Gasteiger partial charge in [-0.25, -0.2) is 0 Å². The lowest BCUT2D eigenvalue weighted by Crippen LogP contribution is -2.36. The number of hydrogen-bond acceptors (Lipinski definition) is 1. The highest BCUT2D eigenvalue weighted by atomic mass is 79.9. The number of benzene rings is 1. The number of nitrogens with zero attached hydrogens (tertiary/aromatic N) is 1. The minimum absolute atomic E-state index is 0.832. The maximum absolute atomic E-state index is 3.45. The molecule has 0 radical (unpaired) electrons. The van der Waals surface area contributed by atoms with Gasteiger partial charge in [-0.2, -0.15) is 0 Å². The van der Waals surface area contributed by atoms with E-state index in [9.17, 15) is 0 Å². The normalized spacial score (nSPS) is 17.1. The van der Waals surface area contributed by atoms with Crippen LogP contribution in [-0.2, 0) is 6.54 Å². The first-order chi connectivity index (χ1) is 6.75. The molecule has 1 saturated carbocycles. The van der Waals surface area contributed by atoms with Gasteiger partial charge in [-0.1, -0.05) is 34.5 Å². The predicted octanol–water partition coefficient (Wildman–Crippen LogP) is 3.43. The van der Waals surface area contributed by atoms with Crippen molar-refractivity contribution in [3.05, 3.63) is 34.3 Å². The molecule has 1 aliphatic carbocycles. The highest BCUT2D eigenvalue weighted by Gasteiger charge is 2.21. The van der Waals surface area contributed by atoms with E-state index in [0.29, 0.717) is 0 Å². The van der Waals surface area contributed by atoms with Crippen LogP contribution in [-0.4, -0.2) is 18.0 Å². The Hall–Kier alpha value is -0.340. The van der Waals surface area contributed by atoms with E-state index < -0.39 is 0 Å². The van der Waals surface area contributed by atoms with Crippen LogP contribution < -0.4 is 0 Å². The van der Waals surface area contributed by atoms with Gasteiger partial charge >= 0.3 is 0 Å². The fraction of sp³-hybridized carbons (Fsp3) is 0.500. The summed E-state index contributed by atoms with van der Waals surface area (Å²) in [5.74, 6) is 0. The summed E-state index contributed by atoms with van der Waals surface area (Å²) in [5.41, 5.74) is 1.41. The molecule has 0 bridgehead atoms. The second-order valence-corrected chi connectivity index (χ2v) is 5.04. The van der Waals surface area contributed by atoms with Crippen LogP contribution in [0.1, 0.15) is 24.8 Å². The third-order valence-corrected chi connectivity index (χ3v) is 3.57. The maximum atomic E-state index is 3.45. The predicted molar refractivity (Wildman–Crippen MR) is 63.2 cm³/mol. The van der Waals surface area contributed by atoms with Crippen molar-refractivity contribution in [2.45, 2.75) is 31.8 Å². The van der Waals surface area contributed by atoms with Gasteiger partial charge in [0, 0.05) is 17.1 Å². The van der Waals surface area contributed by atoms with E-state index in [1.165, 1.54) is 24.8 Å². The molecule has 1 aromatic carbocycles. The van der Waals surface area contributed by atoms with Crippen molar-refractivity contribution in [2.24, 2.45) is 0 Å². The van der Waals surface area contributed by atoms with Gasteiger partial charge in [0.25, 0.3) is 0 Å². The molecule has 2 rings (SSSR count). The van der Waals surface area contributed by atoms with Crippen molar-refractivity contribution in [1.82, 2.24) is 4.90 Å². The lowest BCUT2D eigenvalue weighted by atomic mass is 9.91. The Morgan fingerprint density at radius 2 is 1.93 bits per heavy atom. The zero-order valence-corrected chi connectivity index (χ0v) is 10.1. The SMILES string of the molecule is CN(Cc1ccc(Br)cc1)C1CCC1. The Morgan fingerprint density at radius 3 is 2.43 bits per heavy atom. The molecule has 1 fully saturated rings. The van der Waals surface area contributed by atoms with E-state index in [-0.39, 0.29) is 0 Å². The summed E-state index contributed by atoms with van der Waals surface area (Å²) in [7, 11) is 2.23. The average molecular weight is 254 g/mol. The lowest BCUT2D eigenvalue weighted by molar-refractivity contribution is 0.152. The molecule has 0 aromatic heterocycles. The van der Waals surface area contributed by atoms with Crippen molar-refractivity contribution < 1.29 is 0 Å². The molecular weight excluding hydrogens is 238 g/mol. The minimum Gasteiger partial charge on any atom is -0.299 e. The molecule has 1 aliphatic rings. The fourth-order valence-electron chi connectivity index (χ4n) is 1.83. The Balaban J connectivity index is 1.92. The van der Waals surface area contributed by atoms with Crippen LogP contribution in [0, 0.1) is 0 Å². The smallest absolute Gasteiger partial charge is 0.0233 e. The Bertz CT molecular complexity index is 290. The fourth-order valence-corrected chi connectivity index (χ4v) is 2.10. The van der Waals surface area contributed by atoms with Crippen LogP contribution in [0.4, 0.5) is 0 Å². The average Bonchev–Trinajstić information content (AvgIpc) is 2.06. The first kappa shape index (κ1) is 10.2. The molecule has 0 atom stereocenters. The molecule has 0 heterocycles. The molecule has 0 saturated heterocycles. The van der Waals surface area contributed by atoms with Crippen LogP contribution in [0.25, 0.3) is 0 Å². The third kappa shape index (κ3) is 2.37. The molecule has 14 heavy (non-hydrogen) atoms. The van der Waals surface area contributed by atoms with Gasteiger partial charge in [0.1, 0.15) is 0 Å². The van der Waals surface area contributed by atoms with Gasteiger partial charge < -0.3 is 0 Å². The van der Waals surface area contributed by atoms with Gasteiger partial charge in [-0.05, 0) is 37.6 Å². The molecule has 76 valence electrons. The Labute approximate surface area is 94.2 Å². The molecule has 0 spiro atoms. The summed E-state index contributed by atoms with van der Waals surface area (Å²) in [4.78, 5) is 2.47. The van der Waals surface area contributed by atoms with Gasteiger partial charge in [0.05, 0.1) is 0 Å². The second kappa shape index (κ2) is 4.45.